The topological polar surface area (TPSA) is 118 Å². The Labute approximate surface area is 220 Å². The van der Waals surface area contributed by atoms with Crippen LogP contribution in [0, 0.1) is 0 Å². The molecule has 0 saturated carbocycles. The lowest BCUT2D eigenvalue weighted by molar-refractivity contribution is -0.117. The number of rotatable bonds is 1. The van der Waals surface area contributed by atoms with Gasteiger partial charge in [-0.25, -0.2) is 18.4 Å². The standard InChI is InChI=1S/C27H28N6O4S/c1-37-27-23-14-21(15-30-27)20-5-6-25-29-16-24(33(25)17-20)18-7-10-32(11-8-18)12-9-28-26(34)19-3-2-4-22(13-19)38(35,36)31-23/h2-3,5-7,13-17,22,31H,4,8-12H2,1H3,(H,28,34). The molecule has 3 aromatic rings. The Morgan fingerprint density at radius 3 is 2.84 bits per heavy atom. The summed E-state index contributed by atoms with van der Waals surface area (Å²) in [7, 11) is -2.46. The number of fused-ring (bicyclic) bond motifs is 6. The highest BCUT2D eigenvalue weighted by Crippen LogP contribution is 2.32. The van der Waals surface area contributed by atoms with E-state index < -0.39 is 15.3 Å². The molecule has 7 rings (SSSR count). The lowest BCUT2D eigenvalue weighted by Crippen LogP contribution is -2.38. The molecule has 1 amide bonds. The lowest BCUT2D eigenvalue weighted by atomic mass is 10.0. The van der Waals surface area contributed by atoms with Gasteiger partial charge in [-0.2, -0.15) is 0 Å². The molecule has 0 spiro atoms. The average Bonchev–Trinajstić information content (AvgIpc) is 3.36. The monoisotopic (exact) mass is 532 g/mol. The Morgan fingerprint density at radius 1 is 1.13 bits per heavy atom. The van der Waals surface area contributed by atoms with Gasteiger partial charge in [-0.05, 0) is 36.6 Å². The number of hydrogen-bond acceptors (Lipinski definition) is 7. The van der Waals surface area contributed by atoms with Crippen LogP contribution in [0.1, 0.15) is 18.5 Å². The van der Waals surface area contributed by atoms with Crippen LogP contribution in [0.3, 0.4) is 0 Å². The third kappa shape index (κ3) is 4.59. The maximum Gasteiger partial charge on any atom is 0.251 e. The van der Waals surface area contributed by atoms with E-state index in [4.69, 9.17) is 4.74 Å². The SMILES string of the molecule is COc1ncc2cc1NS(=O)(=O)C1C=C(C=CC1)C(=O)NCCN1CC=C(CC1)c1cnc3ccc-2cn13. The smallest absolute Gasteiger partial charge is 0.251 e. The zero-order chi connectivity index (χ0) is 26.3. The number of ether oxygens (including phenoxy) is 1. The number of imidazole rings is 1. The second-order valence-corrected chi connectivity index (χ2v) is 11.5. The number of nitrogens with zero attached hydrogens (tertiary/aromatic N) is 4. The van der Waals surface area contributed by atoms with Crippen LogP contribution in [0.15, 0.2) is 66.7 Å². The molecule has 2 unspecified atom stereocenters. The van der Waals surface area contributed by atoms with Crippen molar-refractivity contribution < 1.29 is 17.9 Å². The van der Waals surface area contributed by atoms with Crippen molar-refractivity contribution in [3.63, 3.8) is 0 Å². The van der Waals surface area contributed by atoms with E-state index >= 15 is 0 Å². The molecule has 4 aliphatic rings. The van der Waals surface area contributed by atoms with Crippen LogP contribution in [0.4, 0.5) is 5.69 Å². The molecule has 1 aliphatic carbocycles. The van der Waals surface area contributed by atoms with E-state index in [-0.39, 0.29) is 23.9 Å². The summed E-state index contributed by atoms with van der Waals surface area (Å²) in [5.74, 6) is -0.126. The molecule has 3 aliphatic heterocycles. The number of amides is 1. The molecular weight excluding hydrogens is 504 g/mol. The Bertz CT molecular complexity index is 1620. The van der Waals surface area contributed by atoms with Crippen LogP contribution >= 0.6 is 0 Å². The fourth-order valence-electron chi connectivity index (χ4n) is 5.06. The summed E-state index contributed by atoms with van der Waals surface area (Å²) < 4.78 is 36.9. The second kappa shape index (κ2) is 9.73. The molecule has 38 heavy (non-hydrogen) atoms. The predicted molar refractivity (Wildman–Crippen MR) is 145 cm³/mol. The quantitative estimate of drug-likeness (QED) is 0.495. The van der Waals surface area contributed by atoms with Crippen LogP contribution in [0.2, 0.25) is 0 Å². The van der Waals surface area contributed by atoms with E-state index in [2.05, 4.69) is 35.4 Å². The summed E-state index contributed by atoms with van der Waals surface area (Å²) in [4.78, 5) is 24.0. The first-order chi connectivity index (χ1) is 18.4. The first kappa shape index (κ1) is 24.4. The van der Waals surface area contributed by atoms with Gasteiger partial charge in [0.25, 0.3) is 5.91 Å². The van der Waals surface area contributed by atoms with Crippen molar-refractivity contribution >= 4 is 32.8 Å². The number of carbonyl (C=O) groups excluding carboxylic acids is 1. The first-order valence-corrected chi connectivity index (χ1v) is 14.1. The van der Waals surface area contributed by atoms with Crippen LogP contribution in [-0.4, -0.2) is 72.1 Å². The minimum absolute atomic E-state index is 0.161. The van der Waals surface area contributed by atoms with E-state index in [0.29, 0.717) is 18.7 Å². The number of pyridine rings is 2. The highest BCUT2D eigenvalue weighted by Gasteiger charge is 2.28. The Hall–Kier alpha value is -3.96. The van der Waals surface area contributed by atoms with Crippen molar-refractivity contribution in [1.82, 2.24) is 24.6 Å². The normalized spacial score (nSPS) is 22.8. The number of hydrogen-bond donors (Lipinski definition) is 2. The van der Waals surface area contributed by atoms with Gasteiger partial charge in [0.05, 0.1) is 19.0 Å². The van der Waals surface area contributed by atoms with Crippen LogP contribution < -0.4 is 14.8 Å². The minimum atomic E-state index is -3.90. The van der Waals surface area contributed by atoms with E-state index in [9.17, 15) is 13.2 Å². The first-order valence-electron chi connectivity index (χ1n) is 12.5. The van der Waals surface area contributed by atoms with Gasteiger partial charge >= 0.3 is 0 Å². The number of allylic oxidation sites excluding steroid dienone is 1. The highest BCUT2D eigenvalue weighted by atomic mass is 32.2. The molecule has 0 fully saturated rings. The molecule has 8 bridgehead atoms. The van der Waals surface area contributed by atoms with Gasteiger partial charge in [-0.15, -0.1) is 0 Å². The summed E-state index contributed by atoms with van der Waals surface area (Å²) in [6, 6.07) is 5.60. The van der Waals surface area contributed by atoms with E-state index in [1.54, 1.807) is 24.4 Å². The summed E-state index contributed by atoms with van der Waals surface area (Å²) in [5.41, 5.74) is 5.22. The molecule has 3 aromatic heterocycles. The van der Waals surface area contributed by atoms with Gasteiger partial charge < -0.3 is 10.1 Å². The molecule has 2 atom stereocenters. The van der Waals surface area contributed by atoms with Crippen molar-refractivity contribution in [2.45, 2.75) is 18.1 Å². The van der Waals surface area contributed by atoms with Gasteiger partial charge in [-0.1, -0.05) is 24.3 Å². The number of aromatic nitrogens is 3. The molecule has 0 aromatic carbocycles. The lowest BCUT2D eigenvalue weighted by Gasteiger charge is -2.26. The summed E-state index contributed by atoms with van der Waals surface area (Å²) in [6.45, 7) is 2.82. The maximum atomic E-state index is 13.4. The Kier molecular flexibility index (Phi) is 6.24. The molecule has 6 heterocycles. The van der Waals surface area contributed by atoms with Gasteiger partial charge in [0.1, 0.15) is 16.6 Å². The highest BCUT2D eigenvalue weighted by molar-refractivity contribution is 7.93. The third-order valence-corrected chi connectivity index (χ3v) is 8.79. The van der Waals surface area contributed by atoms with Gasteiger partial charge in [0.15, 0.2) is 0 Å². The number of nitrogens with one attached hydrogen (secondary N) is 2. The third-order valence-electron chi connectivity index (χ3n) is 7.16. The van der Waals surface area contributed by atoms with Crippen molar-refractivity contribution in [2.75, 3.05) is 38.0 Å². The number of anilines is 1. The number of sulfonamides is 1. The van der Waals surface area contributed by atoms with Crippen LogP contribution in [-0.2, 0) is 14.8 Å². The molecule has 0 saturated heterocycles. The molecular formula is C27H28N6O4S. The Balaban J connectivity index is 1.46. The molecule has 11 heteroatoms. The van der Waals surface area contributed by atoms with Gasteiger partial charge in [-0.3, -0.25) is 18.8 Å². The molecule has 196 valence electrons. The van der Waals surface area contributed by atoms with Gasteiger partial charge in [0.2, 0.25) is 15.9 Å². The minimum Gasteiger partial charge on any atom is -0.480 e. The number of methoxy groups -OCH3 is 1. The predicted octanol–water partition coefficient (Wildman–Crippen LogP) is 2.62. The molecule has 0 radical (unpaired) electrons. The van der Waals surface area contributed by atoms with E-state index in [0.717, 1.165) is 42.0 Å². The van der Waals surface area contributed by atoms with Crippen LogP contribution in [0.5, 0.6) is 5.88 Å². The van der Waals surface area contributed by atoms with E-state index in [1.165, 1.54) is 18.8 Å². The van der Waals surface area contributed by atoms with Crippen LogP contribution in [0.25, 0.3) is 22.3 Å². The van der Waals surface area contributed by atoms with Gasteiger partial charge in [0, 0.05) is 55.3 Å². The fourth-order valence-corrected chi connectivity index (χ4v) is 6.36. The van der Waals surface area contributed by atoms with Crippen molar-refractivity contribution in [3.8, 4) is 17.0 Å². The zero-order valence-electron chi connectivity index (χ0n) is 20.9. The maximum absolute atomic E-state index is 13.4. The summed E-state index contributed by atoms with van der Waals surface area (Å²) >= 11 is 0. The molecule has 10 nitrogen and oxygen atoms in total. The summed E-state index contributed by atoms with van der Waals surface area (Å²) in [6.07, 6.45) is 13.8. The van der Waals surface area contributed by atoms with E-state index in [1.807, 2.05) is 24.5 Å². The van der Waals surface area contributed by atoms with Crippen molar-refractivity contribution in [2.24, 2.45) is 0 Å². The van der Waals surface area contributed by atoms with Crippen molar-refractivity contribution in [1.29, 1.82) is 0 Å². The average molecular weight is 533 g/mol. The summed E-state index contributed by atoms with van der Waals surface area (Å²) in [5, 5.41) is 2.01. The Morgan fingerprint density at radius 2 is 2.03 bits per heavy atom. The zero-order valence-corrected chi connectivity index (χ0v) is 21.7. The number of carbonyl (C=O) groups is 1. The van der Waals surface area contributed by atoms with Crippen molar-refractivity contribution in [3.05, 3.63) is 72.4 Å². The second-order valence-electron chi connectivity index (χ2n) is 9.55. The molecule has 2 N–H and O–H groups in total. The fraction of sp³-hybridized carbons (Fsp3) is 0.296. The largest absolute Gasteiger partial charge is 0.480 e.